The highest BCUT2D eigenvalue weighted by molar-refractivity contribution is 6.27. The zero-order chi connectivity index (χ0) is 5.11. The van der Waals surface area contributed by atoms with Crippen LogP contribution in [0.2, 0.25) is 0 Å². The molecule has 0 fully saturated rings. The summed E-state index contributed by atoms with van der Waals surface area (Å²) in [5, 5.41) is 8.28. The van der Waals surface area contributed by atoms with Gasteiger partial charge in [0.15, 0.2) is 0 Å². The van der Waals surface area contributed by atoms with E-state index >= 15 is 0 Å². The fraction of sp³-hybridized carbons (Fsp3) is 0.500. The van der Waals surface area contributed by atoms with Gasteiger partial charge in [-0.05, 0) is 6.08 Å². The van der Waals surface area contributed by atoms with Gasteiger partial charge in [0.1, 0.15) is 6.00 Å². The minimum atomic E-state index is -0.0833. The zero-order valence-corrected chi connectivity index (χ0v) is 3.87. The molecule has 0 saturated carbocycles. The minimum absolute atomic E-state index is 0.0833. The second kappa shape index (κ2) is 2.03. The lowest BCUT2D eigenvalue weighted by Crippen LogP contribution is -2.13. The van der Waals surface area contributed by atoms with Crippen LogP contribution in [0, 0.1) is 0 Å². The summed E-state index contributed by atoms with van der Waals surface area (Å²) in [6.07, 6.45) is 4.27. The van der Waals surface area contributed by atoms with E-state index in [0.29, 0.717) is 0 Å². The van der Waals surface area contributed by atoms with Gasteiger partial charge in [-0.25, -0.2) is 0 Å². The summed E-state index contributed by atoms with van der Waals surface area (Å²) in [7, 11) is 1.06. The molecule has 0 amide bonds. The SMILES string of the molecule is O[B]C1CC=CO1. The standard InChI is InChI=1S/C4H6BO2/c6-5-4-2-1-3-7-4/h1,3-4,6H,2H2. The molecule has 37 valence electrons. The molecule has 1 radical (unpaired) electrons. The van der Waals surface area contributed by atoms with Crippen molar-refractivity contribution in [1.29, 1.82) is 0 Å². The first-order valence-corrected chi connectivity index (χ1v) is 2.21. The minimum Gasteiger partial charge on any atom is -0.504 e. The Kier molecular flexibility index (Phi) is 1.37. The van der Waals surface area contributed by atoms with Gasteiger partial charge < -0.3 is 9.76 Å². The molecule has 0 aromatic carbocycles. The molecule has 0 bridgehead atoms. The van der Waals surface area contributed by atoms with Gasteiger partial charge >= 0.3 is 7.48 Å². The molecule has 1 aliphatic heterocycles. The first-order chi connectivity index (χ1) is 3.43. The van der Waals surface area contributed by atoms with Crippen LogP contribution in [0.1, 0.15) is 6.42 Å². The summed E-state index contributed by atoms with van der Waals surface area (Å²) in [6, 6.07) is -0.0833. The van der Waals surface area contributed by atoms with Crippen molar-refractivity contribution in [1.82, 2.24) is 0 Å². The fourth-order valence-corrected chi connectivity index (χ4v) is 0.498. The van der Waals surface area contributed by atoms with Crippen molar-refractivity contribution in [2.75, 3.05) is 0 Å². The van der Waals surface area contributed by atoms with E-state index in [4.69, 9.17) is 9.76 Å². The number of rotatable bonds is 1. The molecule has 1 unspecified atom stereocenters. The molecule has 0 saturated heterocycles. The Morgan fingerprint density at radius 3 is 3.00 bits per heavy atom. The Bertz CT molecular complexity index is 73.8. The monoisotopic (exact) mass is 97.0 g/mol. The first kappa shape index (κ1) is 4.72. The number of hydrogen-bond donors (Lipinski definition) is 1. The molecular weight excluding hydrogens is 90.9 g/mol. The van der Waals surface area contributed by atoms with Gasteiger partial charge in [-0.2, -0.15) is 0 Å². The molecule has 1 atom stereocenters. The van der Waals surface area contributed by atoms with Crippen molar-refractivity contribution in [3.63, 3.8) is 0 Å². The predicted octanol–water partition coefficient (Wildman–Crippen LogP) is -0.142. The highest BCUT2D eigenvalue weighted by atomic mass is 16.5. The predicted molar refractivity (Wildman–Crippen MR) is 26.6 cm³/mol. The average molecular weight is 96.9 g/mol. The van der Waals surface area contributed by atoms with Crippen LogP contribution < -0.4 is 0 Å². The molecule has 1 heterocycles. The van der Waals surface area contributed by atoms with Crippen molar-refractivity contribution in [3.8, 4) is 0 Å². The van der Waals surface area contributed by atoms with Crippen LogP contribution in [-0.4, -0.2) is 18.5 Å². The lowest BCUT2D eigenvalue weighted by Gasteiger charge is -2.00. The van der Waals surface area contributed by atoms with E-state index in [9.17, 15) is 0 Å². The summed E-state index contributed by atoms with van der Waals surface area (Å²) in [5.74, 6) is 0. The molecule has 1 aliphatic rings. The Morgan fingerprint density at radius 1 is 1.86 bits per heavy atom. The maximum absolute atomic E-state index is 8.28. The Hall–Kier alpha value is -0.435. The molecule has 7 heavy (non-hydrogen) atoms. The van der Waals surface area contributed by atoms with Crippen molar-refractivity contribution in [3.05, 3.63) is 12.3 Å². The van der Waals surface area contributed by atoms with Crippen molar-refractivity contribution < 1.29 is 9.76 Å². The molecule has 1 rings (SSSR count). The Balaban J connectivity index is 2.22. The zero-order valence-electron chi connectivity index (χ0n) is 3.87. The highest BCUT2D eigenvalue weighted by Crippen LogP contribution is 2.04. The first-order valence-electron chi connectivity index (χ1n) is 2.21. The normalized spacial score (nSPS) is 27.3. The topological polar surface area (TPSA) is 29.5 Å². The summed E-state index contributed by atoms with van der Waals surface area (Å²) < 4.78 is 4.82. The van der Waals surface area contributed by atoms with Gasteiger partial charge in [0.05, 0.1) is 6.26 Å². The molecule has 2 nitrogen and oxygen atoms in total. The summed E-state index contributed by atoms with van der Waals surface area (Å²) >= 11 is 0. The summed E-state index contributed by atoms with van der Waals surface area (Å²) in [5.41, 5.74) is 0. The van der Waals surface area contributed by atoms with E-state index in [2.05, 4.69) is 0 Å². The number of hydrogen-bond acceptors (Lipinski definition) is 2. The fourth-order valence-electron chi connectivity index (χ4n) is 0.498. The van der Waals surface area contributed by atoms with Gasteiger partial charge in [-0.3, -0.25) is 0 Å². The van der Waals surface area contributed by atoms with E-state index in [-0.39, 0.29) is 6.00 Å². The molecule has 3 heteroatoms. The van der Waals surface area contributed by atoms with Crippen molar-refractivity contribution in [2.45, 2.75) is 12.4 Å². The largest absolute Gasteiger partial charge is 0.504 e. The van der Waals surface area contributed by atoms with E-state index in [0.717, 1.165) is 13.9 Å². The van der Waals surface area contributed by atoms with E-state index in [1.165, 1.54) is 0 Å². The van der Waals surface area contributed by atoms with Crippen LogP contribution in [0.4, 0.5) is 0 Å². The maximum atomic E-state index is 8.28. The van der Waals surface area contributed by atoms with E-state index in [1.807, 2.05) is 6.08 Å². The molecule has 0 aliphatic carbocycles. The molecule has 0 spiro atoms. The quantitative estimate of drug-likeness (QED) is 0.461. The Labute approximate surface area is 43.1 Å². The van der Waals surface area contributed by atoms with Gasteiger partial charge in [0.2, 0.25) is 0 Å². The smallest absolute Gasteiger partial charge is 0.336 e. The molecule has 0 aromatic heterocycles. The van der Waals surface area contributed by atoms with Crippen molar-refractivity contribution >= 4 is 7.48 Å². The van der Waals surface area contributed by atoms with Crippen LogP contribution in [0.15, 0.2) is 12.3 Å². The van der Waals surface area contributed by atoms with Gasteiger partial charge in [0.25, 0.3) is 0 Å². The second-order valence-corrected chi connectivity index (χ2v) is 1.43. The third kappa shape index (κ3) is 0.964. The maximum Gasteiger partial charge on any atom is 0.336 e. The van der Waals surface area contributed by atoms with E-state index in [1.54, 1.807) is 6.26 Å². The van der Waals surface area contributed by atoms with Crippen LogP contribution in [0.3, 0.4) is 0 Å². The molecule has 1 N–H and O–H groups in total. The lowest BCUT2D eigenvalue weighted by atomic mass is 9.90. The second-order valence-electron chi connectivity index (χ2n) is 1.43. The third-order valence-electron chi connectivity index (χ3n) is 0.884. The van der Waals surface area contributed by atoms with Crippen LogP contribution in [0.5, 0.6) is 0 Å². The van der Waals surface area contributed by atoms with Crippen LogP contribution in [-0.2, 0) is 4.74 Å². The van der Waals surface area contributed by atoms with E-state index < -0.39 is 0 Å². The van der Waals surface area contributed by atoms with Crippen molar-refractivity contribution in [2.24, 2.45) is 0 Å². The van der Waals surface area contributed by atoms with Crippen LogP contribution in [0.25, 0.3) is 0 Å². The summed E-state index contributed by atoms with van der Waals surface area (Å²) in [4.78, 5) is 0. The van der Waals surface area contributed by atoms with Crippen LogP contribution >= 0.6 is 0 Å². The average Bonchev–Trinajstić information content (AvgIpc) is 2.14. The van der Waals surface area contributed by atoms with Gasteiger partial charge in [-0.1, -0.05) is 0 Å². The summed E-state index contributed by atoms with van der Waals surface area (Å²) in [6.45, 7) is 0. The highest BCUT2D eigenvalue weighted by Gasteiger charge is 2.10. The molecule has 0 aromatic rings. The van der Waals surface area contributed by atoms with Gasteiger partial charge in [-0.15, -0.1) is 0 Å². The Morgan fingerprint density at radius 2 is 2.71 bits per heavy atom. The number of ether oxygens (including phenoxy) is 1. The van der Waals surface area contributed by atoms with Gasteiger partial charge in [0, 0.05) is 6.42 Å². The molecular formula is C4H6BO2. The third-order valence-corrected chi connectivity index (χ3v) is 0.884. The lowest BCUT2D eigenvalue weighted by molar-refractivity contribution is 0.227.